The summed E-state index contributed by atoms with van der Waals surface area (Å²) in [5, 5.41) is 1.97. The van der Waals surface area contributed by atoms with Crippen molar-refractivity contribution in [1.29, 1.82) is 0 Å². The van der Waals surface area contributed by atoms with E-state index < -0.39 is 15.1 Å². The van der Waals surface area contributed by atoms with Crippen molar-refractivity contribution in [1.82, 2.24) is 0 Å². The van der Waals surface area contributed by atoms with Crippen LogP contribution in [0.2, 0.25) is 0 Å². The van der Waals surface area contributed by atoms with Gasteiger partial charge in [0.1, 0.15) is 0 Å². The fourth-order valence-corrected chi connectivity index (χ4v) is 5.04. The Morgan fingerprint density at radius 1 is 1.17 bits per heavy atom. The number of nitrogens with one attached hydrogen (secondary N) is 1. The lowest BCUT2D eigenvalue weighted by Gasteiger charge is -2.17. The Kier molecular flexibility index (Phi) is 6.07. The first-order valence-electron chi connectivity index (χ1n) is 9.76. The van der Waals surface area contributed by atoms with Gasteiger partial charge in [0.15, 0.2) is 9.84 Å². The first kappa shape index (κ1) is 21.0. The molecule has 2 aromatic rings. The highest BCUT2D eigenvalue weighted by Crippen LogP contribution is 2.31. The smallest absolute Gasteiger partial charge is 0.225 e. The van der Waals surface area contributed by atoms with Crippen LogP contribution in [0.5, 0.6) is 0 Å². The van der Waals surface area contributed by atoms with E-state index in [2.05, 4.69) is 5.32 Å². The van der Waals surface area contributed by atoms with Crippen molar-refractivity contribution in [3.8, 4) is 0 Å². The average molecular weight is 415 g/mol. The molecule has 1 unspecified atom stereocenters. The second kappa shape index (κ2) is 8.37. The molecule has 2 amide bonds. The molecule has 1 N–H and O–H groups in total. The molecule has 0 aliphatic carbocycles. The van der Waals surface area contributed by atoms with E-state index in [1.165, 1.54) is 13.0 Å². The maximum atomic E-state index is 13.0. The highest BCUT2D eigenvalue weighted by atomic mass is 32.2. The number of nitrogens with zero attached hydrogens (tertiary/aromatic N) is 1. The Morgan fingerprint density at radius 3 is 2.59 bits per heavy atom. The standard InChI is InChI=1S/C22H26N2O4S/c1-4-17-7-5-6-8-20(17)23-22(26)13-15(2)29(27,28)19-9-10-21-18(14-19)11-12-24(21)16(3)25/h5-10,14-15H,4,11-13H2,1-3H3,(H,23,26). The molecule has 0 fully saturated rings. The summed E-state index contributed by atoms with van der Waals surface area (Å²) in [5.41, 5.74) is 3.32. The van der Waals surface area contributed by atoms with Crippen molar-refractivity contribution in [2.24, 2.45) is 0 Å². The minimum Gasteiger partial charge on any atom is -0.326 e. The molecule has 0 radical (unpaired) electrons. The molecule has 0 saturated carbocycles. The number of hydrogen-bond donors (Lipinski definition) is 1. The Hall–Kier alpha value is -2.67. The Bertz CT molecular complexity index is 1050. The van der Waals surface area contributed by atoms with Crippen LogP contribution in [0.4, 0.5) is 11.4 Å². The summed E-state index contributed by atoms with van der Waals surface area (Å²) in [6, 6.07) is 12.3. The molecule has 0 saturated heterocycles. The quantitative estimate of drug-likeness (QED) is 0.786. The van der Waals surface area contributed by atoms with E-state index in [-0.39, 0.29) is 23.1 Å². The minimum atomic E-state index is -3.67. The van der Waals surface area contributed by atoms with Crippen LogP contribution in [-0.4, -0.2) is 32.0 Å². The van der Waals surface area contributed by atoms with Gasteiger partial charge in [0.2, 0.25) is 11.8 Å². The van der Waals surface area contributed by atoms with Gasteiger partial charge in [-0.05, 0) is 55.2 Å². The summed E-state index contributed by atoms with van der Waals surface area (Å²) < 4.78 is 26.0. The van der Waals surface area contributed by atoms with E-state index in [0.717, 1.165) is 23.2 Å². The second-order valence-electron chi connectivity index (χ2n) is 7.33. The van der Waals surface area contributed by atoms with Crippen molar-refractivity contribution in [3.05, 3.63) is 53.6 Å². The first-order chi connectivity index (χ1) is 13.7. The number of aryl methyl sites for hydroxylation is 1. The van der Waals surface area contributed by atoms with Gasteiger partial charge in [-0.3, -0.25) is 9.59 Å². The third-order valence-corrected chi connectivity index (χ3v) is 7.47. The van der Waals surface area contributed by atoms with Crippen molar-refractivity contribution < 1.29 is 18.0 Å². The van der Waals surface area contributed by atoms with Crippen LogP contribution in [0.1, 0.15) is 38.3 Å². The fraction of sp³-hybridized carbons (Fsp3) is 0.364. The Balaban J connectivity index is 1.74. The average Bonchev–Trinajstić information content (AvgIpc) is 3.11. The zero-order valence-corrected chi connectivity index (χ0v) is 17.8. The number of carbonyl (C=O) groups is 2. The van der Waals surface area contributed by atoms with Gasteiger partial charge in [-0.2, -0.15) is 0 Å². The van der Waals surface area contributed by atoms with E-state index in [0.29, 0.717) is 18.7 Å². The molecule has 29 heavy (non-hydrogen) atoms. The number of carbonyl (C=O) groups excluding carboxylic acids is 2. The number of anilines is 2. The van der Waals surface area contributed by atoms with E-state index in [1.807, 2.05) is 31.2 Å². The van der Waals surface area contributed by atoms with Gasteiger partial charge in [0.05, 0.1) is 10.1 Å². The molecule has 0 aromatic heterocycles. The van der Waals surface area contributed by atoms with E-state index in [1.54, 1.807) is 24.0 Å². The lowest BCUT2D eigenvalue weighted by Crippen LogP contribution is -2.26. The number of rotatable bonds is 6. The number of hydrogen-bond acceptors (Lipinski definition) is 4. The number of amides is 2. The van der Waals surface area contributed by atoms with Crippen LogP contribution < -0.4 is 10.2 Å². The second-order valence-corrected chi connectivity index (χ2v) is 9.70. The monoisotopic (exact) mass is 414 g/mol. The molecule has 1 atom stereocenters. The van der Waals surface area contributed by atoms with Crippen LogP contribution >= 0.6 is 0 Å². The molecular formula is C22H26N2O4S. The van der Waals surface area contributed by atoms with Gasteiger partial charge >= 0.3 is 0 Å². The molecular weight excluding hydrogens is 388 g/mol. The molecule has 1 aliphatic heterocycles. The van der Waals surface area contributed by atoms with Gasteiger partial charge in [-0.1, -0.05) is 25.1 Å². The molecule has 2 aromatic carbocycles. The Morgan fingerprint density at radius 2 is 1.90 bits per heavy atom. The first-order valence-corrected chi connectivity index (χ1v) is 11.3. The van der Waals surface area contributed by atoms with Crippen LogP contribution in [0.3, 0.4) is 0 Å². The fourth-order valence-electron chi connectivity index (χ4n) is 3.64. The van der Waals surface area contributed by atoms with Gasteiger partial charge in [-0.15, -0.1) is 0 Å². The lowest BCUT2D eigenvalue weighted by molar-refractivity contribution is -0.117. The summed E-state index contributed by atoms with van der Waals surface area (Å²) in [6.07, 6.45) is 1.27. The van der Waals surface area contributed by atoms with Gasteiger partial charge in [0, 0.05) is 31.3 Å². The van der Waals surface area contributed by atoms with Crippen LogP contribution in [-0.2, 0) is 32.3 Å². The molecule has 0 spiro atoms. The van der Waals surface area contributed by atoms with E-state index in [4.69, 9.17) is 0 Å². The number of benzene rings is 2. The predicted octanol–water partition coefficient (Wildman–Crippen LogP) is 3.35. The summed E-state index contributed by atoms with van der Waals surface area (Å²) in [6.45, 7) is 5.61. The molecule has 6 nitrogen and oxygen atoms in total. The summed E-state index contributed by atoms with van der Waals surface area (Å²) in [7, 11) is -3.67. The van der Waals surface area contributed by atoms with Gasteiger partial charge in [-0.25, -0.2) is 8.42 Å². The van der Waals surface area contributed by atoms with Crippen molar-refractivity contribution in [3.63, 3.8) is 0 Å². The Labute approximate surface area is 171 Å². The third-order valence-electron chi connectivity index (χ3n) is 5.33. The maximum Gasteiger partial charge on any atom is 0.225 e. The number of sulfone groups is 1. The van der Waals surface area contributed by atoms with Crippen LogP contribution in [0, 0.1) is 0 Å². The normalized spacial score (nSPS) is 14.4. The molecule has 0 bridgehead atoms. The molecule has 1 aliphatic rings. The van der Waals surface area contributed by atoms with Crippen molar-refractivity contribution in [2.75, 3.05) is 16.8 Å². The third kappa shape index (κ3) is 4.34. The summed E-state index contributed by atoms with van der Waals surface area (Å²) >= 11 is 0. The van der Waals surface area contributed by atoms with Gasteiger partial charge in [0.25, 0.3) is 0 Å². The minimum absolute atomic E-state index is 0.0586. The van der Waals surface area contributed by atoms with E-state index >= 15 is 0 Å². The number of fused-ring (bicyclic) bond motifs is 1. The predicted molar refractivity (Wildman–Crippen MR) is 114 cm³/mol. The maximum absolute atomic E-state index is 13.0. The number of para-hydroxylation sites is 1. The van der Waals surface area contributed by atoms with Crippen molar-refractivity contribution in [2.45, 2.75) is 50.2 Å². The molecule has 1 heterocycles. The molecule has 3 rings (SSSR count). The molecule has 7 heteroatoms. The summed E-state index contributed by atoms with van der Waals surface area (Å²) in [5.74, 6) is -0.386. The topological polar surface area (TPSA) is 83.6 Å². The van der Waals surface area contributed by atoms with E-state index in [9.17, 15) is 18.0 Å². The highest BCUT2D eigenvalue weighted by Gasteiger charge is 2.29. The van der Waals surface area contributed by atoms with Crippen LogP contribution in [0.25, 0.3) is 0 Å². The molecule has 154 valence electrons. The SMILES string of the molecule is CCc1ccccc1NC(=O)CC(C)S(=O)(=O)c1ccc2c(c1)CCN2C(C)=O. The van der Waals surface area contributed by atoms with Crippen molar-refractivity contribution >= 4 is 33.0 Å². The zero-order chi connectivity index (χ0) is 21.2. The van der Waals surface area contributed by atoms with Crippen LogP contribution in [0.15, 0.2) is 47.4 Å². The largest absolute Gasteiger partial charge is 0.326 e. The lowest BCUT2D eigenvalue weighted by atomic mass is 10.1. The zero-order valence-electron chi connectivity index (χ0n) is 16.9. The summed E-state index contributed by atoms with van der Waals surface area (Å²) in [4.78, 5) is 26.0. The highest BCUT2D eigenvalue weighted by molar-refractivity contribution is 7.92. The van der Waals surface area contributed by atoms with Gasteiger partial charge < -0.3 is 10.2 Å².